The third-order valence-electron chi connectivity index (χ3n) is 3.05. The van der Waals surface area contributed by atoms with Crippen molar-refractivity contribution in [1.29, 1.82) is 0 Å². The highest BCUT2D eigenvalue weighted by Gasteiger charge is 2.50. The molecule has 1 aliphatic carbocycles. The van der Waals surface area contributed by atoms with Crippen LogP contribution in [-0.2, 0) is 16.9 Å². The van der Waals surface area contributed by atoms with Gasteiger partial charge in [0.25, 0.3) is 0 Å². The number of aliphatic carboxylic acids is 1. The van der Waals surface area contributed by atoms with Crippen LogP contribution in [0.3, 0.4) is 0 Å². The minimum Gasteiger partial charge on any atom is -0.481 e. The molecule has 0 radical (unpaired) electrons. The Labute approximate surface area is 97.6 Å². The van der Waals surface area contributed by atoms with Crippen molar-refractivity contribution < 1.29 is 15.0 Å². The summed E-state index contributed by atoms with van der Waals surface area (Å²) in [5.41, 5.74) is -0.596. The van der Waals surface area contributed by atoms with Gasteiger partial charge in [-0.25, -0.2) is 0 Å². The zero-order chi connectivity index (χ0) is 11.9. The summed E-state index contributed by atoms with van der Waals surface area (Å²) in [5, 5.41) is 23.5. The molecule has 0 amide bonds. The first-order chi connectivity index (χ1) is 7.48. The van der Waals surface area contributed by atoms with Gasteiger partial charge in [-0.05, 0) is 19.8 Å². The molecule has 1 saturated carbocycles. The normalized spacial score (nSPS) is 28.8. The maximum Gasteiger partial charge on any atom is 0.306 e. The molecule has 0 atom stereocenters. The quantitative estimate of drug-likeness (QED) is 0.839. The Balaban J connectivity index is 2.25. The molecule has 1 heterocycles. The number of nitrogens with zero attached hydrogens (tertiary/aromatic N) is 2. The highest BCUT2D eigenvalue weighted by atomic mass is 35.5. The molecule has 1 fully saturated rings. The average Bonchev–Trinajstić information content (AvgIpc) is 2.54. The molecule has 2 rings (SSSR count). The predicted octanol–water partition coefficient (Wildman–Crippen LogP) is 1.24. The van der Waals surface area contributed by atoms with Crippen LogP contribution < -0.4 is 0 Å². The van der Waals surface area contributed by atoms with Crippen molar-refractivity contribution in [3.05, 3.63) is 16.9 Å². The molecule has 6 heteroatoms. The first kappa shape index (κ1) is 11.4. The Morgan fingerprint density at radius 2 is 2.38 bits per heavy atom. The van der Waals surface area contributed by atoms with E-state index in [1.807, 2.05) is 6.92 Å². The van der Waals surface area contributed by atoms with Gasteiger partial charge in [0, 0.05) is 6.54 Å². The average molecular weight is 245 g/mol. The van der Waals surface area contributed by atoms with Crippen molar-refractivity contribution in [3.8, 4) is 0 Å². The molecule has 1 aromatic rings. The van der Waals surface area contributed by atoms with Crippen LogP contribution in [0.5, 0.6) is 0 Å². The lowest BCUT2D eigenvalue weighted by molar-refractivity contribution is -0.160. The molecule has 1 aliphatic rings. The molecule has 16 heavy (non-hydrogen) atoms. The van der Waals surface area contributed by atoms with Gasteiger partial charge >= 0.3 is 5.97 Å². The van der Waals surface area contributed by atoms with Gasteiger partial charge in [0.1, 0.15) is 5.60 Å². The number of carbonyl (C=O) groups is 1. The molecule has 2 N–H and O–H groups in total. The van der Waals surface area contributed by atoms with Crippen molar-refractivity contribution in [2.24, 2.45) is 5.92 Å². The van der Waals surface area contributed by atoms with E-state index in [-0.39, 0.29) is 12.8 Å². The lowest BCUT2D eigenvalue weighted by Gasteiger charge is -2.41. The second-order valence-electron chi connectivity index (χ2n) is 4.13. The third kappa shape index (κ3) is 1.60. The molecular formula is C10H13ClN2O3. The maximum absolute atomic E-state index is 10.7. The van der Waals surface area contributed by atoms with E-state index in [1.54, 1.807) is 4.68 Å². The summed E-state index contributed by atoms with van der Waals surface area (Å²) in [6.07, 6.45) is 1.88. The number of aromatic nitrogens is 2. The van der Waals surface area contributed by atoms with Crippen molar-refractivity contribution in [3.63, 3.8) is 0 Å². The van der Waals surface area contributed by atoms with Gasteiger partial charge in [-0.1, -0.05) is 11.6 Å². The topological polar surface area (TPSA) is 75.3 Å². The van der Waals surface area contributed by atoms with Gasteiger partial charge in [-0.15, -0.1) is 0 Å². The molecule has 0 spiro atoms. The van der Waals surface area contributed by atoms with E-state index in [9.17, 15) is 9.90 Å². The van der Waals surface area contributed by atoms with Crippen LogP contribution in [0.2, 0.25) is 5.02 Å². The van der Waals surface area contributed by atoms with Gasteiger partial charge in [0.15, 0.2) is 0 Å². The number of aliphatic hydroxyl groups is 1. The Kier molecular flexibility index (Phi) is 2.67. The lowest BCUT2D eigenvalue weighted by Crippen LogP contribution is -2.46. The van der Waals surface area contributed by atoms with Crippen molar-refractivity contribution in [2.75, 3.05) is 0 Å². The minimum atomic E-state index is -1.13. The standard InChI is InChI=1S/C10H13ClN2O3/c1-2-13-8(7(11)5-12-13)10(16)3-6(4-10)9(14)15/h5-6,16H,2-4H2,1H3,(H,14,15). The van der Waals surface area contributed by atoms with E-state index < -0.39 is 17.5 Å². The number of carboxylic acids is 1. The van der Waals surface area contributed by atoms with E-state index >= 15 is 0 Å². The number of halogens is 1. The lowest BCUT2D eigenvalue weighted by atomic mass is 9.69. The molecule has 0 unspecified atom stereocenters. The van der Waals surface area contributed by atoms with Crippen LogP contribution in [0.25, 0.3) is 0 Å². The Bertz CT molecular complexity index is 424. The number of carboxylic acid groups (broad SMARTS) is 1. The molecule has 1 aromatic heterocycles. The highest BCUT2D eigenvalue weighted by molar-refractivity contribution is 6.31. The number of aryl methyl sites for hydroxylation is 1. The monoisotopic (exact) mass is 244 g/mol. The van der Waals surface area contributed by atoms with Crippen LogP contribution in [0, 0.1) is 5.92 Å². The fourth-order valence-electron chi connectivity index (χ4n) is 2.19. The third-order valence-corrected chi connectivity index (χ3v) is 3.33. The van der Waals surface area contributed by atoms with Gasteiger partial charge < -0.3 is 10.2 Å². The minimum absolute atomic E-state index is 0.202. The fraction of sp³-hybridized carbons (Fsp3) is 0.600. The van der Waals surface area contributed by atoms with E-state index in [4.69, 9.17) is 16.7 Å². The Morgan fingerprint density at radius 3 is 2.88 bits per heavy atom. The second kappa shape index (κ2) is 3.75. The summed E-state index contributed by atoms with van der Waals surface area (Å²) in [4.78, 5) is 10.7. The summed E-state index contributed by atoms with van der Waals surface area (Å²) in [6.45, 7) is 2.49. The van der Waals surface area contributed by atoms with Crippen molar-refractivity contribution in [1.82, 2.24) is 9.78 Å². The maximum atomic E-state index is 10.7. The number of hydrogen-bond acceptors (Lipinski definition) is 3. The molecule has 0 aliphatic heterocycles. The summed E-state index contributed by atoms with van der Waals surface area (Å²) in [7, 11) is 0. The number of rotatable bonds is 3. The summed E-state index contributed by atoms with van der Waals surface area (Å²) < 4.78 is 1.61. The van der Waals surface area contributed by atoms with E-state index in [1.165, 1.54) is 6.20 Å². The smallest absolute Gasteiger partial charge is 0.306 e. The zero-order valence-corrected chi connectivity index (χ0v) is 9.61. The van der Waals surface area contributed by atoms with Crippen LogP contribution in [0.15, 0.2) is 6.20 Å². The van der Waals surface area contributed by atoms with Crippen LogP contribution in [0.4, 0.5) is 0 Å². The predicted molar refractivity (Wildman–Crippen MR) is 57.2 cm³/mol. The molecular weight excluding hydrogens is 232 g/mol. The van der Waals surface area contributed by atoms with Crippen LogP contribution in [-0.4, -0.2) is 26.0 Å². The number of hydrogen-bond donors (Lipinski definition) is 2. The van der Waals surface area contributed by atoms with Gasteiger partial charge in [0.2, 0.25) is 0 Å². The molecule has 0 bridgehead atoms. The van der Waals surface area contributed by atoms with E-state index in [0.29, 0.717) is 17.3 Å². The first-order valence-corrected chi connectivity index (χ1v) is 5.52. The highest BCUT2D eigenvalue weighted by Crippen LogP contribution is 2.47. The molecule has 5 nitrogen and oxygen atoms in total. The SMILES string of the molecule is CCn1ncc(Cl)c1C1(O)CC(C(=O)O)C1. The van der Waals surface area contributed by atoms with Gasteiger partial charge in [0.05, 0.1) is 22.8 Å². The van der Waals surface area contributed by atoms with Crippen LogP contribution >= 0.6 is 11.6 Å². The zero-order valence-electron chi connectivity index (χ0n) is 8.85. The second-order valence-corrected chi connectivity index (χ2v) is 4.54. The summed E-state index contributed by atoms with van der Waals surface area (Å²) in [5.74, 6) is -1.36. The van der Waals surface area contributed by atoms with Gasteiger partial charge in [-0.3, -0.25) is 9.48 Å². The summed E-state index contributed by atoms with van der Waals surface area (Å²) in [6, 6.07) is 0. The van der Waals surface area contributed by atoms with E-state index in [2.05, 4.69) is 5.10 Å². The van der Waals surface area contributed by atoms with Gasteiger partial charge in [-0.2, -0.15) is 5.10 Å². The van der Waals surface area contributed by atoms with Crippen molar-refractivity contribution in [2.45, 2.75) is 31.9 Å². The molecule has 88 valence electrons. The van der Waals surface area contributed by atoms with Crippen molar-refractivity contribution >= 4 is 17.6 Å². The molecule has 0 aromatic carbocycles. The Hall–Kier alpha value is -1.07. The summed E-state index contributed by atoms with van der Waals surface area (Å²) >= 11 is 5.96. The fourth-order valence-corrected chi connectivity index (χ4v) is 2.51. The Morgan fingerprint density at radius 1 is 1.75 bits per heavy atom. The molecule has 0 saturated heterocycles. The van der Waals surface area contributed by atoms with E-state index in [0.717, 1.165) is 0 Å². The largest absolute Gasteiger partial charge is 0.481 e. The first-order valence-electron chi connectivity index (χ1n) is 5.15. The van der Waals surface area contributed by atoms with Crippen LogP contribution in [0.1, 0.15) is 25.5 Å².